The molecule has 1 aliphatic heterocycles. The lowest BCUT2D eigenvalue weighted by atomic mass is 9.93. The van der Waals surface area contributed by atoms with Gasteiger partial charge in [0.05, 0.1) is 0 Å². The Morgan fingerprint density at radius 1 is 1.19 bits per heavy atom. The van der Waals surface area contributed by atoms with Crippen LogP contribution in [-0.2, 0) is 0 Å². The van der Waals surface area contributed by atoms with Crippen LogP contribution in [0.25, 0.3) is 0 Å². The van der Waals surface area contributed by atoms with Crippen LogP contribution in [0.3, 0.4) is 0 Å². The van der Waals surface area contributed by atoms with E-state index in [2.05, 4.69) is 45.3 Å². The Balaban J connectivity index is 1.77. The summed E-state index contributed by atoms with van der Waals surface area (Å²) in [7, 11) is 0. The molecule has 1 saturated heterocycles. The summed E-state index contributed by atoms with van der Waals surface area (Å²) in [5.74, 6) is 0.878. The third-order valence-electron chi connectivity index (χ3n) is 5.36. The number of hydrogen-bond donors (Lipinski definition) is 2. The highest BCUT2D eigenvalue weighted by atomic mass is 15.0. The van der Waals surface area contributed by atoms with Crippen molar-refractivity contribution in [3.05, 3.63) is 0 Å². The predicted molar refractivity (Wildman–Crippen MR) is 69.5 cm³/mol. The van der Waals surface area contributed by atoms with Gasteiger partial charge in [0.15, 0.2) is 0 Å². The fourth-order valence-corrected chi connectivity index (χ4v) is 3.41. The van der Waals surface area contributed by atoms with E-state index >= 15 is 0 Å². The van der Waals surface area contributed by atoms with Gasteiger partial charge in [0.1, 0.15) is 0 Å². The summed E-state index contributed by atoms with van der Waals surface area (Å²) in [6.07, 6.45) is 2.67. The molecule has 1 aliphatic carbocycles. The van der Waals surface area contributed by atoms with Gasteiger partial charge >= 0.3 is 0 Å². The lowest BCUT2D eigenvalue weighted by Gasteiger charge is -2.28. The SMILES string of the molecule is CC1CC(CNC2C(C)(C)C2(C)C)CCN1. The highest BCUT2D eigenvalue weighted by molar-refractivity contribution is 5.17. The smallest absolute Gasteiger partial charge is 0.0181 e. The Morgan fingerprint density at radius 2 is 1.81 bits per heavy atom. The van der Waals surface area contributed by atoms with Crippen molar-refractivity contribution in [2.45, 2.75) is 59.5 Å². The molecule has 2 unspecified atom stereocenters. The van der Waals surface area contributed by atoms with E-state index in [0.717, 1.165) is 5.92 Å². The standard InChI is InChI=1S/C14H28N2/c1-10-8-11(6-7-15-10)9-16-12-13(2,3)14(12,4)5/h10-12,15-16H,6-9H2,1-5H3. The molecule has 2 aliphatic rings. The third-order valence-corrected chi connectivity index (χ3v) is 5.36. The molecule has 0 radical (unpaired) electrons. The van der Waals surface area contributed by atoms with Crippen LogP contribution in [0.15, 0.2) is 0 Å². The van der Waals surface area contributed by atoms with Crippen molar-refractivity contribution in [3.63, 3.8) is 0 Å². The maximum Gasteiger partial charge on any atom is 0.0181 e. The number of rotatable bonds is 3. The molecule has 16 heavy (non-hydrogen) atoms. The minimum atomic E-state index is 0.478. The van der Waals surface area contributed by atoms with Crippen LogP contribution >= 0.6 is 0 Å². The first-order chi connectivity index (χ1) is 7.35. The fourth-order valence-electron chi connectivity index (χ4n) is 3.41. The first kappa shape index (κ1) is 12.4. The van der Waals surface area contributed by atoms with Gasteiger partial charge in [-0.25, -0.2) is 0 Å². The molecular formula is C14H28N2. The highest BCUT2D eigenvalue weighted by Crippen LogP contribution is 2.62. The topological polar surface area (TPSA) is 24.1 Å². The Morgan fingerprint density at radius 3 is 2.31 bits per heavy atom. The van der Waals surface area contributed by atoms with Gasteiger partial charge in [-0.2, -0.15) is 0 Å². The summed E-state index contributed by atoms with van der Waals surface area (Å²) in [6, 6.07) is 1.42. The molecule has 2 N–H and O–H groups in total. The third kappa shape index (κ3) is 2.02. The van der Waals surface area contributed by atoms with Crippen molar-refractivity contribution < 1.29 is 0 Å². The first-order valence-electron chi connectivity index (χ1n) is 6.82. The van der Waals surface area contributed by atoms with Gasteiger partial charge in [0.2, 0.25) is 0 Å². The zero-order valence-electron chi connectivity index (χ0n) is 11.6. The molecule has 0 amide bonds. The molecule has 1 heterocycles. The van der Waals surface area contributed by atoms with Crippen LogP contribution in [-0.4, -0.2) is 25.2 Å². The Kier molecular flexibility index (Phi) is 3.09. The van der Waals surface area contributed by atoms with E-state index in [1.165, 1.54) is 25.9 Å². The second-order valence-corrected chi connectivity index (χ2v) is 7.03. The molecule has 0 spiro atoms. The molecular weight excluding hydrogens is 196 g/mol. The van der Waals surface area contributed by atoms with Crippen LogP contribution in [0.5, 0.6) is 0 Å². The Bertz CT molecular complexity index is 243. The van der Waals surface area contributed by atoms with Crippen LogP contribution < -0.4 is 10.6 Å². The summed E-state index contributed by atoms with van der Waals surface area (Å²) in [5.41, 5.74) is 0.955. The average molecular weight is 224 g/mol. The lowest BCUT2D eigenvalue weighted by molar-refractivity contribution is 0.299. The van der Waals surface area contributed by atoms with Crippen molar-refractivity contribution >= 4 is 0 Å². The summed E-state index contributed by atoms with van der Waals surface area (Å²) in [5, 5.41) is 7.32. The maximum absolute atomic E-state index is 3.80. The Labute approximate surface area is 101 Å². The second-order valence-electron chi connectivity index (χ2n) is 7.03. The van der Waals surface area contributed by atoms with Crippen molar-refractivity contribution in [1.29, 1.82) is 0 Å². The molecule has 0 aromatic carbocycles. The van der Waals surface area contributed by atoms with Gasteiger partial charge in [-0.3, -0.25) is 0 Å². The second kappa shape index (κ2) is 3.99. The van der Waals surface area contributed by atoms with Crippen molar-refractivity contribution in [2.75, 3.05) is 13.1 Å². The summed E-state index contributed by atoms with van der Waals surface area (Å²) in [6.45, 7) is 14.3. The van der Waals surface area contributed by atoms with Gasteiger partial charge in [0.25, 0.3) is 0 Å². The van der Waals surface area contributed by atoms with E-state index in [4.69, 9.17) is 0 Å². The van der Waals surface area contributed by atoms with E-state index in [9.17, 15) is 0 Å². The lowest BCUT2D eigenvalue weighted by Crippen LogP contribution is -2.40. The highest BCUT2D eigenvalue weighted by Gasteiger charge is 2.64. The van der Waals surface area contributed by atoms with E-state index in [1.807, 2.05) is 0 Å². The van der Waals surface area contributed by atoms with Crippen LogP contribution in [0.1, 0.15) is 47.5 Å². The normalized spacial score (nSPS) is 37.3. The number of hydrogen-bond acceptors (Lipinski definition) is 2. The quantitative estimate of drug-likeness (QED) is 0.769. The molecule has 2 nitrogen and oxygen atoms in total. The molecule has 2 heteroatoms. The molecule has 1 saturated carbocycles. The summed E-state index contributed by atoms with van der Waals surface area (Å²) in [4.78, 5) is 0. The molecule has 94 valence electrons. The summed E-state index contributed by atoms with van der Waals surface area (Å²) < 4.78 is 0. The fraction of sp³-hybridized carbons (Fsp3) is 1.00. The minimum absolute atomic E-state index is 0.478. The van der Waals surface area contributed by atoms with Crippen LogP contribution in [0.2, 0.25) is 0 Å². The maximum atomic E-state index is 3.80. The van der Waals surface area contributed by atoms with Crippen LogP contribution in [0, 0.1) is 16.7 Å². The predicted octanol–water partition coefficient (Wildman–Crippen LogP) is 2.40. The van der Waals surface area contributed by atoms with E-state index in [-0.39, 0.29) is 0 Å². The molecule has 2 atom stereocenters. The first-order valence-corrected chi connectivity index (χ1v) is 6.82. The molecule has 0 aromatic rings. The zero-order valence-corrected chi connectivity index (χ0v) is 11.6. The molecule has 2 rings (SSSR count). The van der Waals surface area contributed by atoms with Crippen molar-refractivity contribution in [1.82, 2.24) is 10.6 Å². The van der Waals surface area contributed by atoms with E-state index < -0.39 is 0 Å². The largest absolute Gasteiger partial charge is 0.314 e. The molecule has 2 fully saturated rings. The van der Waals surface area contributed by atoms with Crippen LogP contribution in [0.4, 0.5) is 0 Å². The average Bonchev–Trinajstić information content (AvgIpc) is 2.55. The molecule has 0 aromatic heterocycles. The number of nitrogens with one attached hydrogen (secondary N) is 2. The van der Waals surface area contributed by atoms with E-state index in [0.29, 0.717) is 22.9 Å². The number of piperidine rings is 1. The molecule has 0 bridgehead atoms. The minimum Gasteiger partial charge on any atom is -0.314 e. The van der Waals surface area contributed by atoms with Gasteiger partial charge < -0.3 is 10.6 Å². The van der Waals surface area contributed by atoms with Gasteiger partial charge in [-0.1, -0.05) is 27.7 Å². The zero-order chi connectivity index (χ0) is 12.0. The monoisotopic (exact) mass is 224 g/mol. The van der Waals surface area contributed by atoms with Gasteiger partial charge in [0, 0.05) is 12.1 Å². The van der Waals surface area contributed by atoms with Gasteiger partial charge in [-0.05, 0) is 49.6 Å². The van der Waals surface area contributed by atoms with E-state index in [1.54, 1.807) is 0 Å². The Hall–Kier alpha value is -0.0800. The van der Waals surface area contributed by atoms with Crippen molar-refractivity contribution in [3.8, 4) is 0 Å². The summed E-state index contributed by atoms with van der Waals surface area (Å²) >= 11 is 0. The van der Waals surface area contributed by atoms with Gasteiger partial charge in [-0.15, -0.1) is 0 Å². The van der Waals surface area contributed by atoms with Crippen molar-refractivity contribution in [2.24, 2.45) is 16.7 Å².